The van der Waals surface area contributed by atoms with Crippen LogP contribution in [0.15, 0.2) is 0 Å². The summed E-state index contributed by atoms with van der Waals surface area (Å²) in [4.78, 5) is 0. The van der Waals surface area contributed by atoms with Crippen molar-refractivity contribution in [2.24, 2.45) is 11.5 Å². The molecule has 0 aliphatic heterocycles. The predicted octanol–water partition coefficient (Wildman–Crippen LogP) is -1.10. The Balaban J connectivity index is 0. The molecule has 0 aliphatic rings. The van der Waals surface area contributed by atoms with Crippen LogP contribution < -0.4 is 22.1 Å². The summed E-state index contributed by atoms with van der Waals surface area (Å²) in [5.41, 5.74) is 9.82. The van der Waals surface area contributed by atoms with Gasteiger partial charge in [-0.15, -0.1) is 0 Å². The standard InChI is InChI=1S/2C2H6N2S/c2*1-4-2(3)5/h2*1H3,(H3,3,4,5). The monoisotopic (exact) mass is 180 g/mol. The lowest BCUT2D eigenvalue weighted by atomic mass is 11.1. The van der Waals surface area contributed by atoms with Crippen molar-refractivity contribution in [3.05, 3.63) is 0 Å². The first-order valence-electron chi connectivity index (χ1n) is 2.49. The third-order valence-electron chi connectivity index (χ3n) is 0.493. The zero-order valence-corrected chi connectivity index (χ0v) is 7.60. The molecule has 0 aliphatic carbocycles. The fraction of sp³-hybridized carbons (Fsp3) is 0.500. The van der Waals surface area contributed by atoms with E-state index in [4.69, 9.17) is 11.5 Å². The lowest BCUT2D eigenvalue weighted by Crippen LogP contribution is -2.24. The summed E-state index contributed by atoms with van der Waals surface area (Å²) in [7, 11) is 3.37. The van der Waals surface area contributed by atoms with E-state index in [1.165, 1.54) is 0 Å². The molecule has 0 saturated carbocycles. The van der Waals surface area contributed by atoms with Crippen molar-refractivity contribution in [3.63, 3.8) is 0 Å². The Morgan fingerprint density at radius 3 is 1.10 bits per heavy atom. The lowest BCUT2D eigenvalue weighted by molar-refractivity contribution is 1.18. The molecule has 0 rings (SSSR count). The zero-order valence-electron chi connectivity index (χ0n) is 5.97. The number of thiocarbonyl (C=S) groups is 2. The zero-order chi connectivity index (χ0) is 8.57. The Labute approximate surface area is 71.3 Å². The molecule has 0 amide bonds. The van der Waals surface area contributed by atoms with Gasteiger partial charge in [0.1, 0.15) is 0 Å². The fourth-order valence-electron chi connectivity index (χ4n) is 0. The molecule has 0 radical (unpaired) electrons. The van der Waals surface area contributed by atoms with Crippen LogP contribution in [0.3, 0.4) is 0 Å². The summed E-state index contributed by atoms with van der Waals surface area (Å²) >= 11 is 8.73. The Bertz CT molecular complexity index is 99.8. The van der Waals surface area contributed by atoms with E-state index in [1.54, 1.807) is 14.1 Å². The van der Waals surface area contributed by atoms with E-state index in [-0.39, 0.29) is 0 Å². The minimum atomic E-state index is 0.338. The summed E-state index contributed by atoms with van der Waals surface area (Å²) < 4.78 is 0. The lowest BCUT2D eigenvalue weighted by Gasteiger charge is -1.85. The van der Waals surface area contributed by atoms with Crippen molar-refractivity contribution in [2.75, 3.05) is 14.1 Å². The quantitative estimate of drug-likeness (QED) is 0.355. The van der Waals surface area contributed by atoms with Crippen LogP contribution in [0.1, 0.15) is 0 Å². The molecule has 0 bridgehead atoms. The van der Waals surface area contributed by atoms with E-state index in [2.05, 4.69) is 35.1 Å². The summed E-state index contributed by atoms with van der Waals surface area (Å²) in [5, 5.41) is 5.75. The van der Waals surface area contributed by atoms with Crippen LogP contribution in [0.25, 0.3) is 0 Å². The molecule has 10 heavy (non-hydrogen) atoms. The second-order valence-electron chi connectivity index (χ2n) is 1.23. The van der Waals surface area contributed by atoms with Crippen molar-refractivity contribution in [1.82, 2.24) is 10.6 Å². The van der Waals surface area contributed by atoms with Crippen LogP contribution in [-0.2, 0) is 0 Å². The smallest absolute Gasteiger partial charge is 0.163 e. The number of nitrogens with two attached hydrogens (primary N) is 2. The second kappa shape index (κ2) is 8.38. The Morgan fingerprint density at radius 2 is 1.10 bits per heavy atom. The molecule has 0 atom stereocenters. The van der Waals surface area contributed by atoms with E-state index in [9.17, 15) is 0 Å². The SMILES string of the molecule is CNC(N)=S.CNC(N)=S. The first-order valence-corrected chi connectivity index (χ1v) is 3.30. The molecule has 0 aromatic carbocycles. The van der Waals surface area contributed by atoms with Gasteiger partial charge in [0.05, 0.1) is 0 Å². The van der Waals surface area contributed by atoms with E-state index in [0.717, 1.165) is 0 Å². The topological polar surface area (TPSA) is 76.1 Å². The van der Waals surface area contributed by atoms with Gasteiger partial charge in [-0.05, 0) is 24.4 Å². The van der Waals surface area contributed by atoms with Crippen molar-refractivity contribution >= 4 is 34.7 Å². The first-order chi connectivity index (χ1) is 4.54. The molecule has 0 aromatic rings. The van der Waals surface area contributed by atoms with Gasteiger partial charge in [-0.2, -0.15) is 0 Å². The largest absolute Gasteiger partial charge is 0.376 e. The number of nitrogens with one attached hydrogen (secondary N) is 2. The van der Waals surface area contributed by atoms with Gasteiger partial charge in [-0.3, -0.25) is 0 Å². The average Bonchev–Trinajstić information content (AvgIpc) is 1.89. The molecule has 6 N–H and O–H groups in total. The molecule has 0 spiro atoms. The highest BCUT2D eigenvalue weighted by Crippen LogP contribution is 1.43. The molecule has 0 unspecified atom stereocenters. The summed E-state index contributed by atoms with van der Waals surface area (Å²) in [6.45, 7) is 0. The van der Waals surface area contributed by atoms with E-state index < -0.39 is 0 Å². The second-order valence-corrected chi connectivity index (χ2v) is 2.11. The van der Waals surface area contributed by atoms with Gasteiger partial charge in [0.15, 0.2) is 10.2 Å². The molecule has 6 heteroatoms. The maximum Gasteiger partial charge on any atom is 0.163 e. The fourth-order valence-corrected chi connectivity index (χ4v) is 0. The third-order valence-corrected chi connectivity index (χ3v) is 0.901. The van der Waals surface area contributed by atoms with Crippen LogP contribution in [0.2, 0.25) is 0 Å². The molecule has 0 aromatic heterocycles. The van der Waals surface area contributed by atoms with Crippen LogP contribution in [0.4, 0.5) is 0 Å². The summed E-state index contributed by atoms with van der Waals surface area (Å²) in [6, 6.07) is 0. The molecule has 0 fully saturated rings. The van der Waals surface area contributed by atoms with Crippen molar-refractivity contribution in [2.45, 2.75) is 0 Å². The van der Waals surface area contributed by atoms with Gasteiger partial charge < -0.3 is 22.1 Å². The summed E-state index contributed by atoms with van der Waals surface area (Å²) in [6.07, 6.45) is 0. The molecule has 4 nitrogen and oxygen atoms in total. The Morgan fingerprint density at radius 1 is 1.00 bits per heavy atom. The van der Waals surface area contributed by atoms with Crippen LogP contribution in [-0.4, -0.2) is 24.3 Å². The maximum atomic E-state index is 4.91. The highest BCUT2D eigenvalue weighted by Gasteiger charge is 1.66. The van der Waals surface area contributed by atoms with Gasteiger partial charge in [-0.1, -0.05) is 0 Å². The number of rotatable bonds is 0. The van der Waals surface area contributed by atoms with Gasteiger partial charge >= 0.3 is 0 Å². The van der Waals surface area contributed by atoms with Gasteiger partial charge in [0.2, 0.25) is 0 Å². The van der Waals surface area contributed by atoms with Crippen LogP contribution in [0, 0.1) is 0 Å². The van der Waals surface area contributed by atoms with E-state index in [1.807, 2.05) is 0 Å². The normalized spacial score (nSPS) is 6.60. The van der Waals surface area contributed by atoms with Crippen LogP contribution in [0.5, 0.6) is 0 Å². The Hall–Kier alpha value is -0.620. The molecule has 60 valence electrons. The highest BCUT2D eigenvalue weighted by molar-refractivity contribution is 7.80. The molecule has 0 heterocycles. The maximum absolute atomic E-state index is 4.91. The minimum absolute atomic E-state index is 0.338. The van der Waals surface area contributed by atoms with E-state index >= 15 is 0 Å². The molecular formula is C4H12N4S2. The van der Waals surface area contributed by atoms with Crippen molar-refractivity contribution in [1.29, 1.82) is 0 Å². The minimum Gasteiger partial charge on any atom is -0.376 e. The van der Waals surface area contributed by atoms with Gasteiger partial charge in [-0.25, -0.2) is 0 Å². The van der Waals surface area contributed by atoms with Crippen LogP contribution >= 0.6 is 24.4 Å². The first kappa shape index (κ1) is 12.1. The van der Waals surface area contributed by atoms with Gasteiger partial charge in [0, 0.05) is 14.1 Å². The van der Waals surface area contributed by atoms with Crippen molar-refractivity contribution in [3.8, 4) is 0 Å². The van der Waals surface area contributed by atoms with Gasteiger partial charge in [0.25, 0.3) is 0 Å². The number of hydrogen-bond donors (Lipinski definition) is 4. The number of hydrogen-bond acceptors (Lipinski definition) is 2. The Kier molecular flexibility index (Phi) is 10.1. The van der Waals surface area contributed by atoms with E-state index in [0.29, 0.717) is 10.2 Å². The summed E-state index contributed by atoms with van der Waals surface area (Å²) in [5.74, 6) is 0. The molecule has 0 saturated heterocycles. The highest BCUT2D eigenvalue weighted by atomic mass is 32.1. The predicted molar refractivity (Wildman–Crippen MR) is 51.7 cm³/mol. The van der Waals surface area contributed by atoms with Crippen molar-refractivity contribution < 1.29 is 0 Å². The molecular weight excluding hydrogens is 168 g/mol. The average molecular weight is 180 g/mol. The third kappa shape index (κ3) is 26.3.